The topological polar surface area (TPSA) is 104 Å². The Labute approximate surface area is 207 Å². The van der Waals surface area contributed by atoms with Crippen LogP contribution in [0.1, 0.15) is 37.8 Å². The van der Waals surface area contributed by atoms with Crippen LogP contribution in [0.25, 0.3) is 22.2 Å². The maximum Gasteiger partial charge on any atom is 0.420 e. The number of aromatic amines is 1. The van der Waals surface area contributed by atoms with Crippen LogP contribution in [0.5, 0.6) is 0 Å². The lowest BCUT2D eigenvalue weighted by Gasteiger charge is -2.36. The molecule has 1 aliphatic rings. The number of hydrogen-bond acceptors (Lipinski definition) is 6. The van der Waals surface area contributed by atoms with Crippen LogP contribution in [-0.4, -0.2) is 46.3 Å². The van der Waals surface area contributed by atoms with Crippen LogP contribution in [0.2, 0.25) is 0 Å². The van der Waals surface area contributed by atoms with Gasteiger partial charge in [-0.05, 0) is 32.8 Å². The zero-order valence-corrected chi connectivity index (χ0v) is 20.0. The van der Waals surface area contributed by atoms with Crippen LogP contribution >= 0.6 is 0 Å². The number of rotatable bonds is 4. The number of alkyl halides is 6. The number of benzene rings is 1. The second-order valence-corrected chi connectivity index (χ2v) is 9.33. The Bertz CT molecular complexity index is 1310. The predicted molar refractivity (Wildman–Crippen MR) is 124 cm³/mol. The number of anilines is 2. The summed E-state index contributed by atoms with van der Waals surface area (Å²) in [6, 6.07) is 1.97. The first kappa shape index (κ1) is 26.5. The van der Waals surface area contributed by atoms with Crippen molar-refractivity contribution in [2.75, 3.05) is 24.3 Å². The highest BCUT2D eigenvalue weighted by Crippen LogP contribution is 2.44. The van der Waals surface area contributed by atoms with E-state index in [0.717, 1.165) is 32.2 Å². The molecule has 4 N–H and O–H groups in total. The monoisotopic (exact) mass is 530 g/mol. The number of fused-ring (bicyclic) bond motifs is 1. The third-order valence-corrected chi connectivity index (χ3v) is 6.19. The van der Waals surface area contributed by atoms with Gasteiger partial charge in [0.15, 0.2) is 0 Å². The summed E-state index contributed by atoms with van der Waals surface area (Å²) in [6.45, 7) is 4.60. The molecule has 2 aromatic heterocycles. The van der Waals surface area contributed by atoms with E-state index in [1.165, 1.54) is 6.07 Å². The average Bonchev–Trinajstić information content (AvgIpc) is 3.22. The van der Waals surface area contributed by atoms with Gasteiger partial charge in [-0.1, -0.05) is 6.07 Å². The molecule has 14 heteroatoms. The third-order valence-electron chi connectivity index (χ3n) is 6.19. The quantitative estimate of drug-likeness (QED) is 0.319. The molecule has 0 saturated carbocycles. The largest absolute Gasteiger partial charge is 0.453 e. The zero-order valence-electron chi connectivity index (χ0n) is 20.0. The molecule has 1 atom stereocenters. The number of piperidine rings is 1. The number of aromatic nitrogens is 3. The van der Waals surface area contributed by atoms with Crippen molar-refractivity contribution in [3.63, 3.8) is 0 Å². The second kappa shape index (κ2) is 9.39. The predicted octanol–water partition coefficient (Wildman–Crippen LogP) is 5.78. The first-order chi connectivity index (χ1) is 17.2. The number of nitrogens with one attached hydrogen (secondary N) is 4. The summed E-state index contributed by atoms with van der Waals surface area (Å²) >= 11 is 0. The molecule has 0 aliphatic carbocycles. The van der Waals surface area contributed by atoms with E-state index in [1.807, 2.05) is 19.2 Å². The van der Waals surface area contributed by atoms with E-state index in [1.54, 1.807) is 0 Å². The molecular weight excluding hydrogens is 506 g/mol. The molecule has 1 fully saturated rings. The van der Waals surface area contributed by atoms with Crippen molar-refractivity contribution in [3.05, 3.63) is 35.7 Å². The number of nitrogens with zero attached hydrogens (tertiary/aromatic N) is 2. The van der Waals surface area contributed by atoms with E-state index in [0.29, 0.717) is 12.7 Å². The van der Waals surface area contributed by atoms with Gasteiger partial charge in [-0.3, -0.25) is 5.32 Å². The fourth-order valence-electron chi connectivity index (χ4n) is 4.25. The summed E-state index contributed by atoms with van der Waals surface area (Å²) in [7, 11) is 0.984. The molecule has 0 unspecified atom stereocenters. The van der Waals surface area contributed by atoms with Crippen molar-refractivity contribution in [1.29, 1.82) is 0 Å². The van der Waals surface area contributed by atoms with Crippen LogP contribution in [0.15, 0.2) is 24.5 Å². The lowest BCUT2D eigenvalue weighted by molar-refractivity contribution is -0.137. The van der Waals surface area contributed by atoms with E-state index >= 15 is 0 Å². The lowest BCUT2D eigenvalue weighted by atomic mass is 9.91. The van der Waals surface area contributed by atoms with Crippen LogP contribution < -0.4 is 16.0 Å². The summed E-state index contributed by atoms with van der Waals surface area (Å²) in [6.07, 6.45) is -7.79. The van der Waals surface area contributed by atoms with Gasteiger partial charge < -0.3 is 20.4 Å². The number of ether oxygens (including phenoxy) is 1. The van der Waals surface area contributed by atoms with Crippen LogP contribution in [-0.2, 0) is 17.1 Å². The standard InChI is InChI=1S/C23H24F6N6O2/c1-21(2)7-6-11(8-32-21)33-19-31-10-14(22(24,25)26)17(35-19)13-9-30-18-12(13)4-5-15(34-20(36)37-3)16(18)23(27,28)29/h4-5,9-11,30,32H,6-8H2,1-3H3,(H,34,36)(H,31,33,35)/t11-/m0/s1. The highest BCUT2D eigenvalue weighted by molar-refractivity contribution is 6.01. The molecule has 0 spiro atoms. The van der Waals surface area contributed by atoms with Gasteiger partial charge in [0.05, 0.1) is 24.0 Å². The molecule has 200 valence electrons. The highest BCUT2D eigenvalue weighted by Gasteiger charge is 2.39. The van der Waals surface area contributed by atoms with Gasteiger partial charge in [-0.15, -0.1) is 0 Å². The maximum absolute atomic E-state index is 14.0. The normalized spacial score (nSPS) is 18.0. The van der Waals surface area contributed by atoms with Gasteiger partial charge in [0.25, 0.3) is 0 Å². The molecular formula is C23H24F6N6O2. The molecule has 1 aliphatic heterocycles. The van der Waals surface area contributed by atoms with Gasteiger partial charge >= 0.3 is 18.4 Å². The Balaban J connectivity index is 1.81. The minimum atomic E-state index is -4.95. The van der Waals surface area contributed by atoms with E-state index in [2.05, 4.69) is 30.3 Å². The molecule has 1 amide bonds. The molecule has 3 aromatic rings. The van der Waals surface area contributed by atoms with Crippen molar-refractivity contribution in [2.45, 2.75) is 50.6 Å². The molecule has 3 heterocycles. The Morgan fingerprint density at radius 3 is 2.49 bits per heavy atom. The Kier molecular flexibility index (Phi) is 6.73. The number of hydrogen-bond donors (Lipinski definition) is 4. The molecule has 0 radical (unpaired) electrons. The van der Waals surface area contributed by atoms with E-state index in [-0.39, 0.29) is 28.5 Å². The molecule has 37 heavy (non-hydrogen) atoms. The zero-order chi connectivity index (χ0) is 27.2. The third kappa shape index (κ3) is 5.58. The van der Waals surface area contributed by atoms with E-state index in [9.17, 15) is 31.1 Å². The maximum atomic E-state index is 14.0. The van der Waals surface area contributed by atoms with Gasteiger partial charge in [0.1, 0.15) is 11.1 Å². The number of halogens is 6. The van der Waals surface area contributed by atoms with Gasteiger partial charge in [0.2, 0.25) is 5.95 Å². The first-order valence-corrected chi connectivity index (χ1v) is 11.2. The molecule has 8 nitrogen and oxygen atoms in total. The first-order valence-electron chi connectivity index (χ1n) is 11.2. The Hall–Kier alpha value is -3.55. The van der Waals surface area contributed by atoms with Gasteiger partial charge in [-0.25, -0.2) is 14.8 Å². The Morgan fingerprint density at radius 1 is 1.16 bits per heavy atom. The molecule has 0 bridgehead atoms. The number of carbonyl (C=O) groups is 1. The summed E-state index contributed by atoms with van der Waals surface area (Å²) < 4.78 is 87.9. The summed E-state index contributed by atoms with van der Waals surface area (Å²) in [5.41, 5.74) is -4.46. The number of H-pyrrole nitrogens is 1. The molecule has 4 rings (SSSR count). The van der Waals surface area contributed by atoms with E-state index < -0.39 is 46.5 Å². The van der Waals surface area contributed by atoms with Gasteiger partial charge in [-0.2, -0.15) is 26.3 Å². The lowest BCUT2D eigenvalue weighted by Crippen LogP contribution is -2.50. The molecule has 1 saturated heterocycles. The minimum Gasteiger partial charge on any atom is -0.453 e. The van der Waals surface area contributed by atoms with Crippen molar-refractivity contribution < 1.29 is 35.9 Å². The Morgan fingerprint density at radius 2 is 1.89 bits per heavy atom. The van der Waals surface area contributed by atoms with Crippen molar-refractivity contribution in [3.8, 4) is 11.3 Å². The van der Waals surface area contributed by atoms with Crippen molar-refractivity contribution in [1.82, 2.24) is 20.3 Å². The highest BCUT2D eigenvalue weighted by atomic mass is 19.4. The minimum absolute atomic E-state index is 0.0772. The average molecular weight is 530 g/mol. The summed E-state index contributed by atoms with van der Waals surface area (Å²) in [5, 5.41) is 8.16. The second-order valence-electron chi connectivity index (χ2n) is 9.33. The smallest absolute Gasteiger partial charge is 0.420 e. The number of methoxy groups -OCH3 is 1. The SMILES string of the molecule is COC(=O)Nc1ccc2c(-c3nc(N[C@H]4CCC(C)(C)NC4)ncc3C(F)(F)F)c[nH]c2c1C(F)(F)F. The fraction of sp³-hybridized carbons (Fsp3) is 0.435. The van der Waals surface area contributed by atoms with Crippen molar-refractivity contribution in [2.24, 2.45) is 0 Å². The number of amides is 1. The van der Waals surface area contributed by atoms with E-state index in [4.69, 9.17) is 0 Å². The van der Waals surface area contributed by atoms with Crippen LogP contribution in [0, 0.1) is 0 Å². The van der Waals surface area contributed by atoms with Crippen LogP contribution in [0.3, 0.4) is 0 Å². The number of carbonyl (C=O) groups excluding carboxylic acids is 1. The van der Waals surface area contributed by atoms with Crippen molar-refractivity contribution >= 4 is 28.6 Å². The summed E-state index contributed by atoms with van der Waals surface area (Å²) in [4.78, 5) is 21.9. The molecule has 1 aromatic carbocycles. The van der Waals surface area contributed by atoms with Gasteiger partial charge in [0, 0.05) is 41.5 Å². The fourth-order valence-corrected chi connectivity index (χ4v) is 4.25. The summed E-state index contributed by atoms with van der Waals surface area (Å²) in [5.74, 6) is -0.0797. The van der Waals surface area contributed by atoms with Crippen LogP contribution in [0.4, 0.5) is 42.8 Å².